The second-order valence-corrected chi connectivity index (χ2v) is 15.0. The van der Waals surface area contributed by atoms with Gasteiger partial charge in [0.25, 0.3) is 0 Å². The summed E-state index contributed by atoms with van der Waals surface area (Å²) in [4.78, 5) is 15.3. The summed E-state index contributed by atoms with van der Waals surface area (Å²) in [5, 5.41) is 7.49. The van der Waals surface area contributed by atoms with Gasteiger partial charge < -0.3 is 0 Å². The van der Waals surface area contributed by atoms with Gasteiger partial charge in [-0.2, -0.15) is 9.97 Å². The third kappa shape index (κ3) is 4.54. The average Bonchev–Trinajstić information content (AvgIpc) is 3.86. The number of nitrogens with zero attached hydrogens (tertiary/aromatic N) is 4. The molecule has 51 heavy (non-hydrogen) atoms. The molecule has 4 heterocycles. The highest BCUT2D eigenvalue weighted by Crippen LogP contribution is 2.41. The third-order valence-electron chi connectivity index (χ3n) is 9.88. The van der Waals surface area contributed by atoms with E-state index in [0.717, 1.165) is 22.2 Å². The standard InChI is InChI=1S/C45H26N4S2/c1-2-10-27(11-3-1)43-46-44(48-45(47-43)49-37-15-7-4-12-31(37)32-13-5-8-16-38(32)49)30-19-22-35-34-21-18-29(25-41(34)51-42(35)26-30)28-20-23-40-36(24-28)33-14-6-9-17-39(33)50-40/h1-26H. The summed E-state index contributed by atoms with van der Waals surface area (Å²) in [6.45, 7) is 0. The largest absolute Gasteiger partial charge is 0.278 e. The maximum absolute atomic E-state index is 5.17. The van der Waals surface area contributed by atoms with Crippen LogP contribution in [0.3, 0.4) is 0 Å². The first-order valence-corrected chi connectivity index (χ1v) is 18.6. The summed E-state index contributed by atoms with van der Waals surface area (Å²) in [5.41, 5.74) is 6.52. The maximum atomic E-state index is 5.17. The Hall–Kier alpha value is -6.21. The minimum Gasteiger partial charge on any atom is -0.278 e. The molecule has 0 radical (unpaired) electrons. The number of aromatic nitrogens is 4. The highest BCUT2D eigenvalue weighted by Gasteiger charge is 2.18. The van der Waals surface area contributed by atoms with Gasteiger partial charge in [0.1, 0.15) is 0 Å². The quantitative estimate of drug-likeness (QED) is 0.185. The van der Waals surface area contributed by atoms with Crippen molar-refractivity contribution in [2.45, 2.75) is 0 Å². The van der Waals surface area contributed by atoms with E-state index >= 15 is 0 Å². The van der Waals surface area contributed by atoms with E-state index in [2.05, 4.69) is 144 Å². The minimum absolute atomic E-state index is 0.604. The molecule has 7 aromatic carbocycles. The summed E-state index contributed by atoms with van der Waals surface area (Å²) in [6.07, 6.45) is 0. The van der Waals surface area contributed by atoms with E-state index in [9.17, 15) is 0 Å². The summed E-state index contributed by atoms with van der Waals surface area (Å²) in [7, 11) is 0. The minimum atomic E-state index is 0.604. The topological polar surface area (TPSA) is 43.6 Å². The van der Waals surface area contributed by atoms with E-state index in [1.54, 1.807) is 0 Å². The molecule has 0 aliphatic rings. The number of thiophene rings is 2. The van der Waals surface area contributed by atoms with Crippen LogP contribution < -0.4 is 0 Å². The Labute approximate surface area is 300 Å². The van der Waals surface area contributed by atoms with Crippen LogP contribution >= 0.6 is 22.7 Å². The molecule has 0 amide bonds. The van der Waals surface area contributed by atoms with Gasteiger partial charge in [-0.25, -0.2) is 4.98 Å². The Bertz CT molecular complexity index is 3100. The first-order chi connectivity index (χ1) is 25.2. The first-order valence-electron chi connectivity index (χ1n) is 16.9. The molecule has 0 fully saturated rings. The van der Waals surface area contributed by atoms with Crippen molar-refractivity contribution in [3.05, 3.63) is 158 Å². The lowest BCUT2D eigenvalue weighted by Gasteiger charge is -2.11. The predicted molar refractivity (Wildman–Crippen MR) is 216 cm³/mol. The van der Waals surface area contributed by atoms with E-state index in [1.807, 2.05) is 40.9 Å². The summed E-state index contributed by atoms with van der Waals surface area (Å²) >= 11 is 3.68. The zero-order valence-corrected chi connectivity index (χ0v) is 28.7. The molecule has 11 rings (SSSR count). The highest BCUT2D eigenvalue weighted by molar-refractivity contribution is 7.26. The molecule has 0 spiro atoms. The van der Waals surface area contributed by atoms with Crippen molar-refractivity contribution in [1.82, 2.24) is 19.5 Å². The van der Waals surface area contributed by atoms with Crippen LogP contribution in [0.2, 0.25) is 0 Å². The second-order valence-electron chi connectivity index (χ2n) is 12.9. The van der Waals surface area contributed by atoms with Crippen molar-refractivity contribution in [3.63, 3.8) is 0 Å². The molecule has 4 aromatic heterocycles. The summed E-state index contributed by atoms with van der Waals surface area (Å²) < 4.78 is 7.29. The lowest BCUT2D eigenvalue weighted by molar-refractivity contribution is 0.954. The monoisotopic (exact) mass is 686 g/mol. The van der Waals surface area contributed by atoms with Crippen molar-refractivity contribution in [2.75, 3.05) is 0 Å². The fourth-order valence-corrected chi connectivity index (χ4v) is 9.72. The van der Waals surface area contributed by atoms with Gasteiger partial charge in [0.2, 0.25) is 5.95 Å². The maximum Gasteiger partial charge on any atom is 0.238 e. The molecule has 0 saturated carbocycles. The molecule has 6 heteroatoms. The van der Waals surface area contributed by atoms with Crippen molar-refractivity contribution >= 4 is 84.8 Å². The normalized spacial score (nSPS) is 11.9. The molecule has 0 atom stereocenters. The van der Waals surface area contributed by atoms with Crippen LogP contribution in [0.25, 0.3) is 102 Å². The van der Waals surface area contributed by atoms with Crippen molar-refractivity contribution in [2.24, 2.45) is 0 Å². The van der Waals surface area contributed by atoms with Gasteiger partial charge >= 0.3 is 0 Å². The Kier molecular flexibility index (Phi) is 6.26. The lowest BCUT2D eigenvalue weighted by atomic mass is 10.0. The molecule has 0 saturated heterocycles. The van der Waals surface area contributed by atoms with E-state index < -0.39 is 0 Å². The van der Waals surface area contributed by atoms with Gasteiger partial charge in [-0.1, -0.05) is 115 Å². The third-order valence-corrected chi connectivity index (χ3v) is 12.1. The molecule has 0 aliphatic carbocycles. The molecule has 0 bridgehead atoms. The van der Waals surface area contributed by atoms with Crippen molar-refractivity contribution < 1.29 is 0 Å². The molecular weight excluding hydrogens is 661 g/mol. The van der Waals surface area contributed by atoms with E-state index in [1.165, 1.54) is 62.2 Å². The Balaban J connectivity index is 1.06. The number of para-hydroxylation sites is 2. The Morgan fingerprint density at radius 2 is 0.843 bits per heavy atom. The van der Waals surface area contributed by atoms with Crippen LogP contribution in [-0.4, -0.2) is 19.5 Å². The van der Waals surface area contributed by atoms with E-state index in [4.69, 9.17) is 15.0 Å². The summed E-state index contributed by atoms with van der Waals surface area (Å²) in [5.74, 6) is 1.90. The van der Waals surface area contributed by atoms with Gasteiger partial charge in [-0.3, -0.25) is 4.57 Å². The molecule has 238 valence electrons. The van der Waals surface area contributed by atoms with Crippen LogP contribution in [0.5, 0.6) is 0 Å². The Morgan fingerprint density at radius 1 is 0.333 bits per heavy atom. The van der Waals surface area contributed by atoms with E-state index in [0.29, 0.717) is 17.6 Å². The number of hydrogen-bond donors (Lipinski definition) is 0. The van der Waals surface area contributed by atoms with E-state index in [-0.39, 0.29) is 0 Å². The lowest BCUT2D eigenvalue weighted by Crippen LogP contribution is -2.06. The zero-order chi connectivity index (χ0) is 33.5. The number of rotatable bonds is 4. The van der Waals surface area contributed by atoms with Gasteiger partial charge in [-0.05, 0) is 53.6 Å². The SMILES string of the molecule is c1ccc(-c2nc(-c3ccc4c(c3)sc3cc(-c5ccc6sc7ccccc7c6c5)ccc34)nc(-n3c4ccccc4c4ccccc43)n2)cc1. The van der Waals surface area contributed by atoms with Gasteiger partial charge in [0.15, 0.2) is 11.6 Å². The first kappa shape index (κ1) is 28.6. The van der Waals surface area contributed by atoms with Crippen LogP contribution in [0.15, 0.2) is 158 Å². The Morgan fingerprint density at radius 3 is 1.59 bits per heavy atom. The second kappa shape index (κ2) is 11.2. The van der Waals surface area contributed by atoms with Crippen molar-refractivity contribution in [1.29, 1.82) is 0 Å². The number of fused-ring (bicyclic) bond motifs is 9. The predicted octanol–water partition coefficient (Wildman–Crippen LogP) is 12.7. The molecule has 0 unspecified atom stereocenters. The van der Waals surface area contributed by atoms with Crippen LogP contribution in [-0.2, 0) is 0 Å². The smallest absolute Gasteiger partial charge is 0.238 e. The number of benzene rings is 7. The highest BCUT2D eigenvalue weighted by atomic mass is 32.1. The van der Waals surface area contributed by atoms with Gasteiger partial charge in [-0.15, -0.1) is 22.7 Å². The fraction of sp³-hybridized carbons (Fsp3) is 0. The molecule has 11 aromatic rings. The van der Waals surface area contributed by atoms with Crippen LogP contribution in [0.4, 0.5) is 0 Å². The van der Waals surface area contributed by atoms with Crippen LogP contribution in [0.1, 0.15) is 0 Å². The molecule has 4 nitrogen and oxygen atoms in total. The molecule has 0 aliphatic heterocycles. The van der Waals surface area contributed by atoms with Crippen LogP contribution in [0, 0.1) is 0 Å². The fourth-order valence-electron chi connectivity index (χ4n) is 7.45. The summed E-state index contributed by atoms with van der Waals surface area (Å²) in [6, 6.07) is 56.1. The molecular formula is C45H26N4S2. The van der Waals surface area contributed by atoms with Gasteiger partial charge in [0.05, 0.1) is 11.0 Å². The average molecular weight is 687 g/mol. The van der Waals surface area contributed by atoms with Gasteiger partial charge in [0, 0.05) is 62.2 Å². The molecule has 0 N–H and O–H groups in total. The van der Waals surface area contributed by atoms with Crippen molar-refractivity contribution in [3.8, 4) is 39.9 Å². The zero-order valence-electron chi connectivity index (χ0n) is 27.1. The number of hydrogen-bond acceptors (Lipinski definition) is 5.